The molecule has 1 aromatic carbocycles. The van der Waals surface area contributed by atoms with Gasteiger partial charge in [-0.3, -0.25) is 9.80 Å². The van der Waals surface area contributed by atoms with Crippen LogP contribution in [0.4, 0.5) is 11.5 Å². The molecule has 1 saturated heterocycles. The number of methoxy groups -OCH3 is 1. The number of ether oxygens (including phenoxy) is 1. The minimum Gasteiger partial charge on any atom is -0.548 e. The normalized spacial score (nSPS) is 17.8. The molecule has 0 radical (unpaired) electrons. The van der Waals surface area contributed by atoms with Crippen molar-refractivity contribution in [2.75, 3.05) is 31.8 Å². The Morgan fingerprint density at radius 1 is 1.32 bits per heavy atom. The standard InChI is InChI=1S/C22H29N5O3S/c1-3-17(22(28)29)26-10-6-16(7-11-26)25-13-15-4-5-19-18(12-15)27(14-30-2)20-21(31-19)24-9-8-23-20/h4-5,8-9,12,16-17,25H,3,6-7,10-11,13-14H2,1-2H3,(H,28,29)/p-1. The van der Waals surface area contributed by atoms with Crippen molar-refractivity contribution in [1.29, 1.82) is 0 Å². The van der Waals surface area contributed by atoms with Crippen LogP contribution in [0.25, 0.3) is 0 Å². The van der Waals surface area contributed by atoms with Crippen molar-refractivity contribution in [3.8, 4) is 0 Å². The van der Waals surface area contributed by atoms with Gasteiger partial charge in [-0.15, -0.1) is 0 Å². The first kappa shape index (κ1) is 22.0. The molecular weight excluding hydrogens is 414 g/mol. The first-order valence-electron chi connectivity index (χ1n) is 10.7. The number of piperidine rings is 1. The number of hydrogen-bond donors (Lipinski definition) is 1. The number of carboxylic acid groups (broad SMARTS) is 1. The lowest BCUT2D eigenvalue weighted by molar-refractivity contribution is -0.312. The largest absolute Gasteiger partial charge is 0.548 e. The maximum atomic E-state index is 11.3. The zero-order chi connectivity index (χ0) is 21.8. The van der Waals surface area contributed by atoms with Crippen molar-refractivity contribution >= 4 is 29.2 Å². The van der Waals surface area contributed by atoms with Gasteiger partial charge in [0.15, 0.2) is 5.82 Å². The molecule has 3 heterocycles. The maximum Gasteiger partial charge on any atom is 0.168 e. The van der Waals surface area contributed by atoms with Gasteiger partial charge in [-0.2, -0.15) is 0 Å². The lowest BCUT2D eigenvalue weighted by Crippen LogP contribution is -2.52. The Balaban J connectivity index is 1.39. The Kier molecular flexibility index (Phi) is 7.06. The van der Waals surface area contributed by atoms with Crippen LogP contribution in [-0.2, 0) is 16.1 Å². The number of rotatable bonds is 8. The Labute approximate surface area is 187 Å². The molecule has 0 amide bonds. The SMILES string of the molecule is CCC(C(=O)[O-])N1CCC(NCc2ccc3c(c2)N(COC)c2nccnc2S3)CC1. The summed E-state index contributed by atoms with van der Waals surface area (Å²) in [5.74, 6) is -0.148. The Morgan fingerprint density at radius 2 is 2.10 bits per heavy atom. The second kappa shape index (κ2) is 9.95. The van der Waals surface area contributed by atoms with Gasteiger partial charge < -0.3 is 20.0 Å². The number of anilines is 2. The van der Waals surface area contributed by atoms with E-state index in [0.29, 0.717) is 19.2 Å². The summed E-state index contributed by atoms with van der Waals surface area (Å²) in [7, 11) is 1.68. The van der Waals surface area contributed by atoms with Crippen molar-refractivity contribution in [2.45, 2.75) is 54.7 Å². The minimum absolute atomic E-state index is 0.377. The third-order valence-corrected chi connectivity index (χ3v) is 6.95. The third-order valence-electron chi connectivity index (χ3n) is 5.91. The smallest absolute Gasteiger partial charge is 0.168 e. The summed E-state index contributed by atoms with van der Waals surface area (Å²) in [6.07, 6.45) is 5.86. The van der Waals surface area contributed by atoms with Crippen LogP contribution in [0.3, 0.4) is 0 Å². The lowest BCUT2D eigenvalue weighted by Gasteiger charge is -2.38. The molecule has 1 fully saturated rings. The average Bonchev–Trinajstić information content (AvgIpc) is 2.79. The van der Waals surface area contributed by atoms with Crippen LogP contribution in [0.1, 0.15) is 31.7 Å². The second-order valence-corrected chi connectivity index (χ2v) is 8.90. The van der Waals surface area contributed by atoms with E-state index < -0.39 is 12.0 Å². The van der Waals surface area contributed by atoms with Gasteiger partial charge in [-0.1, -0.05) is 24.8 Å². The molecule has 8 nitrogen and oxygen atoms in total. The fourth-order valence-corrected chi connectivity index (χ4v) is 5.26. The molecule has 0 bridgehead atoms. The minimum atomic E-state index is -0.965. The summed E-state index contributed by atoms with van der Waals surface area (Å²) in [5, 5.41) is 15.8. The summed E-state index contributed by atoms with van der Waals surface area (Å²) in [6.45, 7) is 4.63. The van der Waals surface area contributed by atoms with Crippen LogP contribution < -0.4 is 15.3 Å². The van der Waals surface area contributed by atoms with Gasteiger partial charge in [0.05, 0.1) is 11.7 Å². The second-order valence-electron chi connectivity index (χ2n) is 7.87. The molecule has 1 atom stereocenters. The predicted octanol–water partition coefficient (Wildman–Crippen LogP) is 1.77. The van der Waals surface area contributed by atoms with E-state index >= 15 is 0 Å². The maximum absolute atomic E-state index is 11.3. The zero-order valence-corrected chi connectivity index (χ0v) is 18.7. The quantitative estimate of drug-likeness (QED) is 0.656. The van der Waals surface area contributed by atoms with Crippen molar-refractivity contribution < 1.29 is 14.6 Å². The number of aromatic nitrogens is 2. The molecule has 2 aliphatic heterocycles. The van der Waals surface area contributed by atoms with Crippen LogP contribution in [-0.4, -0.2) is 59.9 Å². The van der Waals surface area contributed by atoms with E-state index in [9.17, 15) is 9.90 Å². The zero-order valence-electron chi connectivity index (χ0n) is 17.9. The van der Waals surface area contributed by atoms with Crippen LogP contribution in [0.15, 0.2) is 40.5 Å². The lowest BCUT2D eigenvalue weighted by atomic mass is 10.0. The summed E-state index contributed by atoms with van der Waals surface area (Å²) >= 11 is 1.62. The van der Waals surface area contributed by atoms with Crippen molar-refractivity contribution in [3.05, 3.63) is 36.2 Å². The molecule has 1 N–H and O–H groups in total. The fraction of sp³-hybridized carbons (Fsp3) is 0.500. The highest BCUT2D eigenvalue weighted by Crippen LogP contribution is 2.46. The molecule has 166 valence electrons. The molecular formula is C22H28N5O3S-. The van der Waals surface area contributed by atoms with E-state index in [1.165, 1.54) is 5.56 Å². The van der Waals surface area contributed by atoms with E-state index in [4.69, 9.17) is 4.74 Å². The summed E-state index contributed by atoms with van der Waals surface area (Å²) in [6, 6.07) is 6.36. The van der Waals surface area contributed by atoms with Gasteiger partial charge in [0.2, 0.25) is 0 Å². The molecule has 1 aromatic heterocycles. The van der Waals surface area contributed by atoms with Crippen LogP contribution in [0, 0.1) is 0 Å². The highest BCUT2D eigenvalue weighted by molar-refractivity contribution is 7.99. The first-order valence-corrected chi connectivity index (χ1v) is 11.5. The molecule has 2 aliphatic rings. The van der Waals surface area contributed by atoms with Gasteiger partial charge in [-0.25, -0.2) is 9.97 Å². The van der Waals surface area contributed by atoms with Gasteiger partial charge in [0.25, 0.3) is 0 Å². The summed E-state index contributed by atoms with van der Waals surface area (Å²) in [5.41, 5.74) is 2.27. The van der Waals surface area contributed by atoms with E-state index in [-0.39, 0.29) is 0 Å². The number of hydrogen-bond acceptors (Lipinski definition) is 9. The molecule has 9 heteroatoms. The van der Waals surface area contributed by atoms with Crippen molar-refractivity contribution in [1.82, 2.24) is 20.2 Å². The third kappa shape index (κ3) is 4.85. The van der Waals surface area contributed by atoms with Crippen LogP contribution >= 0.6 is 11.8 Å². The predicted molar refractivity (Wildman–Crippen MR) is 117 cm³/mol. The molecule has 4 rings (SSSR count). The van der Waals surface area contributed by atoms with Gasteiger partial charge in [0, 0.05) is 56.1 Å². The van der Waals surface area contributed by atoms with Crippen LogP contribution in [0.5, 0.6) is 0 Å². The molecule has 0 aliphatic carbocycles. The topological polar surface area (TPSA) is 93.7 Å². The number of benzene rings is 1. The molecule has 0 saturated carbocycles. The number of fused-ring (bicyclic) bond motifs is 2. The number of likely N-dealkylation sites (tertiary alicyclic amines) is 1. The average molecular weight is 443 g/mol. The Morgan fingerprint density at radius 3 is 2.81 bits per heavy atom. The van der Waals surface area contributed by atoms with E-state index in [1.54, 1.807) is 31.3 Å². The van der Waals surface area contributed by atoms with Gasteiger partial charge in [0.1, 0.15) is 11.8 Å². The highest BCUT2D eigenvalue weighted by Gasteiger charge is 2.27. The monoisotopic (exact) mass is 442 g/mol. The number of carbonyl (C=O) groups is 1. The van der Waals surface area contributed by atoms with E-state index in [0.717, 1.165) is 53.9 Å². The first-order chi connectivity index (χ1) is 15.1. The molecule has 1 unspecified atom stereocenters. The highest BCUT2D eigenvalue weighted by atomic mass is 32.2. The fourth-order valence-electron chi connectivity index (χ4n) is 4.27. The number of carboxylic acids is 1. The Bertz CT molecular complexity index is 920. The molecule has 0 spiro atoms. The van der Waals surface area contributed by atoms with Crippen molar-refractivity contribution in [2.24, 2.45) is 0 Å². The van der Waals surface area contributed by atoms with E-state index in [2.05, 4.69) is 38.4 Å². The Hall–Kier alpha value is -2.20. The molecule has 2 aromatic rings. The number of aliphatic carboxylic acids is 1. The number of nitrogens with one attached hydrogen (secondary N) is 1. The number of carbonyl (C=O) groups excluding carboxylic acids is 1. The van der Waals surface area contributed by atoms with E-state index in [1.807, 2.05) is 11.8 Å². The van der Waals surface area contributed by atoms with Gasteiger partial charge in [-0.05, 0) is 37.0 Å². The van der Waals surface area contributed by atoms with Crippen molar-refractivity contribution in [3.63, 3.8) is 0 Å². The van der Waals surface area contributed by atoms with Gasteiger partial charge >= 0.3 is 0 Å². The molecule has 31 heavy (non-hydrogen) atoms. The van der Waals surface area contributed by atoms with Crippen LogP contribution in [0.2, 0.25) is 0 Å². The summed E-state index contributed by atoms with van der Waals surface area (Å²) < 4.78 is 5.43. The number of nitrogens with zero attached hydrogens (tertiary/aromatic N) is 4. The summed E-state index contributed by atoms with van der Waals surface area (Å²) in [4.78, 5) is 25.5.